The second-order valence-corrected chi connectivity index (χ2v) is 10.0. The molecule has 2 N–H and O–H groups in total. The molecule has 200 valence electrons. The first-order chi connectivity index (χ1) is 17.1. The normalized spacial score (nSPS) is 22.9. The van der Waals surface area contributed by atoms with Gasteiger partial charge in [-0.05, 0) is 61.6 Å². The molecule has 1 fully saturated rings. The molecule has 0 spiro atoms. The zero-order chi connectivity index (χ0) is 26.5. The Bertz CT molecular complexity index is 957. The Morgan fingerprint density at radius 2 is 2.03 bits per heavy atom. The fourth-order valence-electron chi connectivity index (χ4n) is 4.93. The number of fused-ring (bicyclic) bond motifs is 1. The van der Waals surface area contributed by atoms with Crippen LogP contribution in [0.4, 0.5) is 13.2 Å². The largest absolute Gasteiger partial charge is 0.493 e. The van der Waals surface area contributed by atoms with Crippen LogP contribution in [0.1, 0.15) is 49.6 Å². The summed E-state index contributed by atoms with van der Waals surface area (Å²) in [5.41, 5.74) is 3.26. The highest BCUT2D eigenvalue weighted by molar-refractivity contribution is 5.44. The molecule has 2 aliphatic rings. The summed E-state index contributed by atoms with van der Waals surface area (Å²) in [5, 5.41) is 19.2. The van der Waals surface area contributed by atoms with E-state index in [0.29, 0.717) is 30.9 Å². The first-order valence-electron chi connectivity index (χ1n) is 12.6. The van der Waals surface area contributed by atoms with Gasteiger partial charge in [-0.3, -0.25) is 14.2 Å². The third-order valence-electron chi connectivity index (χ3n) is 7.03. The van der Waals surface area contributed by atoms with E-state index in [1.165, 1.54) is 0 Å². The van der Waals surface area contributed by atoms with E-state index < -0.39 is 31.2 Å². The average Bonchev–Trinajstić information content (AvgIpc) is 2.82. The first kappa shape index (κ1) is 28.4. The van der Waals surface area contributed by atoms with E-state index in [0.717, 1.165) is 29.8 Å². The summed E-state index contributed by atoms with van der Waals surface area (Å²) < 4.78 is 47.1. The molecule has 2 aliphatic heterocycles. The summed E-state index contributed by atoms with van der Waals surface area (Å²) in [6.45, 7) is 10.2. The molecule has 0 unspecified atom stereocenters. The van der Waals surface area contributed by atoms with E-state index in [1.807, 2.05) is 38.1 Å². The SMILES string of the molecule is C=C(/C=C\C(=C/C)OCCN1CC(CF)C1)[C@H]1c2ccc([C@@H](C)O)cc2C[C@H](C)N1CC(F)(F)CO. The Balaban J connectivity index is 1.77. The predicted molar refractivity (Wildman–Crippen MR) is 136 cm³/mol. The van der Waals surface area contributed by atoms with E-state index in [2.05, 4.69) is 11.5 Å². The van der Waals surface area contributed by atoms with Gasteiger partial charge in [0.05, 0.1) is 25.4 Å². The summed E-state index contributed by atoms with van der Waals surface area (Å²) >= 11 is 0. The lowest BCUT2D eigenvalue weighted by atomic mass is 9.83. The number of hydrogen-bond donors (Lipinski definition) is 2. The zero-order valence-electron chi connectivity index (χ0n) is 21.5. The Hall–Kier alpha value is -2.13. The minimum atomic E-state index is -3.25. The van der Waals surface area contributed by atoms with Gasteiger partial charge in [0.1, 0.15) is 19.0 Å². The maximum absolute atomic E-state index is 14.3. The number of ether oxygens (including phenoxy) is 1. The van der Waals surface area contributed by atoms with Crippen molar-refractivity contribution in [1.29, 1.82) is 0 Å². The van der Waals surface area contributed by atoms with E-state index in [4.69, 9.17) is 4.74 Å². The molecule has 1 aromatic rings. The van der Waals surface area contributed by atoms with Crippen LogP contribution in [0.2, 0.25) is 0 Å². The summed E-state index contributed by atoms with van der Waals surface area (Å²) in [6.07, 6.45) is 5.32. The molecule has 3 rings (SSSR count). The number of aliphatic hydroxyl groups is 2. The van der Waals surface area contributed by atoms with E-state index in [1.54, 1.807) is 24.0 Å². The summed E-state index contributed by atoms with van der Waals surface area (Å²) in [7, 11) is 0. The van der Waals surface area contributed by atoms with Crippen molar-refractivity contribution in [2.24, 2.45) is 5.92 Å². The fourth-order valence-corrected chi connectivity index (χ4v) is 4.93. The number of hydrogen-bond acceptors (Lipinski definition) is 5. The molecular weight excluding hydrogens is 469 g/mol. The van der Waals surface area contributed by atoms with Crippen molar-refractivity contribution >= 4 is 0 Å². The smallest absolute Gasteiger partial charge is 0.283 e. The van der Waals surface area contributed by atoms with Crippen LogP contribution in [-0.4, -0.2) is 78.0 Å². The lowest BCUT2D eigenvalue weighted by Gasteiger charge is -2.43. The lowest BCUT2D eigenvalue weighted by Crippen LogP contribution is -2.49. The van der Waals surface area contributed by atoms with Gasteiger partial charge in [0.25, 0.3) is 5.92 Å². The molecule has 0 aromatic heterocycles. The van der Waals surface area contributed by atoms with Gasteiger partial charge in [-0.15, -0.1) is 0 Å². The third kappa shape index (κ3) is 7.00. The van der Waals surface area contributed by atoms with Crippen molar-refractivity contribution in [3.63, 3.8) is 0 Å². The Kier molecular flexibility index (Phi) is 9.80. The van der Waals surface area contributed by atoms with Crippen molar-refractivity contribution in [3.8, 4) is 0 Å². The molecule has 1 saturated heterocycles. The molecule has 5 nitrogen and oxygen atoms in total. The molecule has 0 bridgehead atoms. The highest BCUT2D eigenvalue weighted by Crippen LogP contribution is 2.40. The van der Waals surface area contributed by atoms with Crippen molar-refractivity contribution in [1.82, 2.24) is 9.80 Å². The minimum absolute atomic E-state index is 0.132. The number of aliphatic hydroxyl groups excluding tert-OH is 2. The molecule has 8 heteroatoms. The summed E-state index contributed by atoms with van der Waals surface area (Å²) in [6, 6.07) is 4.89. The summed E-state index contributed by atoms with van der Waals surface area (Å²) in [4.78, 5) is 3.83. The van der Waals surface area contributed by atoms with Gasteiger partial charge in [-0.25, -0.2) is 8.78 Å². The quantitative estimate of drug-likeness (QED) is 0.320. The number of nitrogens with zero attached hydrogens (tertiary/aromatic N) is 2. The Morgan fingerprint density at radius 1 is 1.31 bits per heavy atom. The second kappa shape index (κ2) is 12.4. The maximum atomic E-state index is 14.3. The van der Waals surface area contributed by atoms with Gasteiger partial charge in [-0.1, -0.05) is 30.9 Å². The van der Waals surface area contributed by atoms with Gasteiger partial charge in [0, 0.05) is 31.6 Å². The number of rotatable bonds is 12. The molecule has 0 aliphatic carbocycles. The Labute approximate surface area is 212 Å². The van der Waals surface area contributed by atoms with Crippen LogP contribution >= 0.6 is 0 Å². The number of likely N-dealkylation sites (tertiary alicyclic amines) is 1. The van der Waals surface area contributed by atoms with Crippen LogP contribution in [-0.2, 0) is 11.2 Å². The van der Waals surface area contributed by atoms with Crippen LogP contribution in [0.3, 0.4) is 0 Å². The monoisotopic (exact) mass is 508 g/mol. The van der Waals surface area contributed by atoms with Gasteiger partial charge in [-0.2, -0.15) is 0 Å². The number of halogens is 3. The zero-order valence-corrected chi connectivity index (χ0v) is 21.5. The highest BCUT2D eigenvalue weighted by Gasteiger charge is 2.40. The standard InChI is InChI=1S/C28H39F3N2O3/c1-5-25(36-11-10-32-15-22(14-29)16-32)8-6-19(2)27-26-9-7-23(21(4)35)13-24(26)12-20(3)33(27)17-28(30,31)18-34/h5-9,13,20-22,27,34-35H,2,10-12,14-18H2,1,3-4H3/b8-6-,25-5+/t20-,21+,27-/m0/s1. The third-order valence-corrected chi connectivity index (χ3v) is 7.03. The number of benzene rings is 1. The van der Waals surface area contributed by atoms with Crippen LogP contribution < -0.4 is 0 Å². The summed E-state index contributed by atoms with van der Waals surface area (Å²) in [5.74, 6) is -2.48. The van der Waals surface area contributed by atoms with Crippen LogP contribution in [0, 0.1) is 5.92 Å². The maximum Gasteiger partial charge on any atom is 0.283 e. The first-order valence-corrected chi connectivity index (χ1v) is 12.6. The second-order valence-electron chi connectivity index (χ2n) is 10.0. The Morgan fingerprint density at radius 3 is 2.64 bits per heavy atom. The van der Waals surface area contributed by atoms with E-state index in [-0.39, 0.29) is 18.6 Å². The minimum Gasteiger partial charge on any atom is -0.493 e. The molecule has 0 radical (unpaired) electrons. The van der Waals surface area contributed by atoms with Crippen molar-refractivity contribution in [2.75, 3.05) is 46.1 Å². The van der Waals surface area contributed by atoms with Gasteiger partial charge >= 0.3 is 0 Å². The molecule has 0 amide bonds. The van der Waals surface area contributed by atoms with Crippen molar-refractivity contribution in [3.05, 3.63) is 71.0 Å². The number of alkyl halides is 3. The highest BCUT2D eigenvalue weighted by atomic mass is 19.3. The number of allylic oxidation sites excluding steroid dienone is 2. The molecule has 2 heterocycles. The average molecular weight is 509 g/mol. The predicted octanol–water partition coefficient (Wildman–Crippen LogP) is 4.59. The van der Waals surface area contributed by atoms with Crippen LogP contribution in [0.25, 0.3) is 0 Å². The van der Waals surface area contributed by atoms with Crippen molar-refractivity contribution in [2.45, 2.75) is 51.3 Å². The van der Waals surface area contributed by atoms with Crippen LogP contribution in [0.5, 0.6) is 0 Å². The fraction of sp³-hybridized carbons (Fsp3) is 0.571. The van der Waals surface area contributed by atoms with Gasteiger partial charge in [0.2, 0.25) is 0 Å². The van der Waals surface area contributed by atoms with E-state index in [9.17, 15) is 23.4 Å². The molecular formula is C28H39F3N2O3. The van der Waals surface area contributed by atoms with Crippen molar-refractivity contribution < 1.29 is 28.1 Å². The van der Waals surface area contributed by atoms with Gasteiger partial charge in [0.15, 0.2) is 0 Å². The molecule has 3 atom stereocenters. The molecule has 36 heavy (non-hydrogen) atoms. The molecule has 0 saturated carbocycles. The van der Waals surface area contributed by atoms with Gasteiger partial charge < -0.3 is 14.9 Å². The topological polar surface area (TPSA) is 56.2 Å². The lowest BCUT2D eigenvalue weighted by molar-refractivity contribution is -0.0863. The molecule has 1 aromatic carbocycles. The van der Waals surface area contributed by atoms with E-state index >= 15 is 0 Å². The van der Waals surface area contributed by atoms with Crippen LogP contribution in [0.15, 0.2) is 54.3 Å².